The Labute approximate surface area is 155 Å². The Kier molecular flexibility index (Phi) is 5.65. The van der Waals surface area contributed by atoms with Crippen molar-refractivity contribution in [2.45, 2.75) is 85.4 Å². The van der Waals surface area contributed by atoms with Crippen LogP contribution >= 0.6 is 0 Å². The normalized spacial score (nSPS) is 28.2. The van der Waals surface area contributed by atoms with Crippen molar-refractivity contribution < 1.29 is 19.4 Å². The van der Waals surface area contributed by atoms with E-state index in [4.69, 9.17) is 0 Å². The van der Waals surface area contributed by atoms with Crippen LogP contribution in [-0.4, -0.2) is 5.20 Å². The molecular formula is C22H38SiZr. The Hall–Kier alpha value is 0.0600. The second-order valence-electron chi connectivity index (χ2n) is 9.48. The quantitative estimate of drug-likeness (QED) is 0.395. The van der Waals surface area contributed by atoms with E-state index >= 15 is 0 Å². The molecule has 0 aromatic rings. The third-order valence-corrected chi connectivity index (χ3v) is 49.1. The van der Waals surface area contributed by atoms with Crippen molar-refractivity contribution in [3.05, 3.63) is 46.1 Å². The van der Waals surface area contributed by atoms with Gasteiger partial charge in [-0.3, -0.25) is 0 Å². The first-order chi connectivity index (χ1) is 10.9. The zero-order valence-electron chi connectivity index (χ0n) is 17.7. The van der Waals surface area contributed by atoms with Crippen LogP contribution in [0.4, 0.5) is 0 Å². The van der Waals surface area contributed by atoms with Gasteiger partial charge in [-0.2, -0.15) is 0 Å². The summed E-state index contributed by atoms with van der Waals surface area (Å²) in [4.78, 5) is 0. The van der Waals surface area contributed by atoms with Gasteiger partial charge in [-0.25, -0.2) is 0 Å². The van der Waals surface area contributed by atoms with Gasteiger partial charge in [0.25, 0.3) is 0 Å². The molecule has 0 aliphatic heterocycles. The molecule has 2 unspecified atom stereocenters. The first-order valence-electron chi connectivity index (χ1n) is 9.66. The average Bonchev–Trinajstić information content (AvgIpc) is 2.94. The Morgan fingerprint density at radius 3 is 2.17 bits per heavy atom. The van der Waals surface area contributed by atoms with E-state index in [9.17, 15) is 0 Å². The van der Waals surface area contributed by atoms with E-state index in [0.717, 1.165) is 3.63 Å². The van der Waals surface area contributed by atoms with Crippen molar-refractivity contribution in [2.24, 2.45) is 0 Å². The van der Waals surface area contributed by atoms with Gasteiger partial charge in [0.2, 0.25) is 0 Å². The second-order valence-corrected chi connectivity index (χ2v) is 40.6. The molecular weight excluding hydrogens is 384 g/mol. The Morgan fingerprint density at radius 2 is 1.71 bits per heavy atom. The monoisotopic (exact) mass is 420 g/mol. The van der Waals surface area contributed by atoms with Crippen LogP contribution in [-0.2, 0) is 19.4 Å². The fourth-order valence-electron chi connectivity index (χ4n) is 5.04. The molecule has 2 rings (SSSR count). The molecule has 0 spiro atoms. The van der Waals surface area contributed by atoms with E-state index < -0.39 is 24.6 Å². The van der Waals surface area contributed by atoms with Crippen LogP contribution in [0.5, 0.6) is 0 Å². The van der Waals surface area contributed by atoms with Crippen molar-refractivity contribution in [1.82, 2.24) is 0 Å². The minimum absolute atomic E-state index is 0.350. The predicted octanol–water partition coefficient (Wildman–Crippen LogP) is 7.97. The maximum absolute atomic E-state index is 2.75. The fraction of sp³-hybridized carbons (Fsp3) is 0.636. The summed E-state index contributed by atoms with van der Waals surface area (Å²) in [7, 11) is 0. The molecule has 0 N–H and O–H groups in total. The summed E-state index contributed by atoms with van der Waals surface area (Å²) in [5.41, 5.74) is 8.03. The van der Waals surface area contributed by atoms with Crippen molar-refractivity contribution in [3.8, 4) is 0 Å². The van der Waals surface area contributed by atoms with E-state index in [1.54, 1.807) is 22.3 Å². The van der Waals surface area contributed by atoms with E-state index in [-0.39, 0.29) is 0 Å². The summed E-state index contributed by atoms with van der Waals surface area (Å²) in [6.45, 7) is 19.8. The summed E-state index contributed by atoms with van der Waals surface area (Å²) in [5.74, 6) is 0. The van der Waals surface area contributed by atoms with Gasteiger partial charge in [-0.05, 0) is 0 Å². The fourth-order valence-corrected chi connectivity index (χ4v) is 32.8. The molecule has 0 aromatic carbocycles. The zero-order chi connectivity index (χ0) is 18.5. The predicted molar refractivity (Wildman–Crippen MR) is 110 cm³/mol. The molecule has 0 bridgehead atoms. The van der Waals surface area contributed by atoms with Crippen LogP contribution in [0, 0.1) is 0 Å². The third kappa shape index (κ3) is 2.90. The Bertz CT molecular complexity index is 657. The van der Waals surface area contributed by atoms with Gasteiger partial charge in [0.1, 0.15) is 0 Å². The van der Waals surface area contributed by atoms with Crippen molar-refractivity contribution >= 4 is 5.20 Å². The van der Waals surface area contributed by atoms with Crippen LogP contribution in [0.3, 0.4) is 0 Å². The second kappa shape index (κ2) is 6.66. The van der Waals surface area contributed by atoms with E-state index in [1.165, 1.54) is 18.4 Å². The standard InChI is InChI=1S/C11H19Si.C9H13.2CH3.Zr/c1-8-7-11(4,12(5)6)10(3)9(8)2;1-3-4-9-6-5-8(2)7-9;;;/h7H,1-6H3;5-7H,3-4H2,1-2H3;2*1H3;. The number of allylic oxidation sites excluding steroid dienone is 8. The van der Waals surface area contributed by atoms with Crippen LogP contribution in [0.1, 0.15) is 54.4 Å². The first kappa shape index (κ1) is 20.4. The van der Waals surface area contributed by atoms with Crippen LogP contribution in [0.15, 0.2) is 46.1 Å². The van der Waals surface area contributed by atoms with Gasteiger partial charge in [0, 0.05) is 0 Å². The molecule has 2 atom stereocenters. The van der Waals surface area contributed by atoms with Gasteiger partial charge in [0.15, 0.2) is 0 Å². The molecule has 0 aromatic heterocycles. The van der Waals surface area contributed by atoms with E-state index in [1.807, 2.05) is 0 Å². The average molecular weight is 422 g/mol. The molecule has 2 heteroatoms. The minimum atomic E-state index is -2.36. The van der Waals surface area contributed by atoms with Crippen LogP contribution in [0.2, 0.25) is 31.0 Å². The van der Waals surface area contributed by atoms with Gasteiger partial charge in [-0.15, -0.1) is 0 Å². The summed E-state index contributed by atoms with van der Waals surface area (Å²) in [5, 5.41) is -1.09. The molecule has 2 aliphatic carbocycles. The van der Waals surface area contributed by atoms with Gasteiger partial charge < -0.3 is 0 Å². The van der Waals surface area contributed by atoms with E-state index in [0.29, 0.717) is 5.04 Å². The van der Waals surface area contributed by atoms with E-state index in [2.05, 4.69) is 82.1 Å². The van der Waals surface area contributed by atoms with Gasteiger partial charge in [0.05, 0.1) is 0 Å². The molecule has 0 radical (unpaired) electrons. The molecule has 2 aliphatic rings. The molecule has 24 heavy (non-hydrogen) atoms. The summed E-state index contributed by atoms with van der Waals surface area (Å²) < 4.78 is 6.31. The van der Waals surface area contributed by atoms with Crippen LogP contribution in [0.25, 0.3) is 0 Å². The SMILES string of the molecule is CCCC1=C[CH]([Zr]([CH3])([CH3])[Si](C)(C)C2(C)C=C(C)C(C)=C2C)C(C)=C1. The Morgan fingerprint density at radius 1 is 1.12 bits per heavy atom. The van der Waals surface area contributed by atoms with Crippen LogP contribution < -0.4 is 0 Å². The third-order valence-electron chi connectivity index (χ3n) is 7.95. The maximum atomic E-state index is 2.75. The zero-order valence-corrected chi connectivity index (χ0v) is 21.2. The first-order valence-corrected chi connectivity index (χ1v) is 22.7. The summed E-state index contributed by atoms with van der Waals surface area (Å²) >= 11 is -2.36. The Balaban J connectivity index is 2.48. The molecule has 0 heterocycles. The molecule has 0 saturated heterocycles. The number of hydrogen-bond donors (Lipinski definition) is 0. The number of rotatable bonds is 5. The topological polar surface area (TPSA) is 0 Å². The molecule has 0 nitrogen and oxygen atoms in total. The molecule has 134 valence electrons. The summed E-state index contributed by atoms with van der Waals surface area (Å²) in [6, 6.07) is 0. The van der Waals surface area contributed by atoms with Gasteiger partial charge in [-0.1, -0.05) is 0 Å². The van der Waals surface area contributed by atoms with Crippen molar-refractivity contribution in [3.63, 3.8) is 0 Å². The number of hydrogen-bond acceptors (Lipinski definition) is 0. The molecule has 0 amide bonds. The van der Waals surface area contributed by atoms with Crippen molar-refractivity contribution in [2.75, 3.05) is 0 Å². The van der Waals surface area contributed by atoms with Crippen molar-refractivity contribution in [1.29, 1.82) is 0 Å². The van der Waals surface area contributed by atoms with Gasteiger partial charge >= 0.3 is 156 Å². The molecule has 0 fully saturated rings. The molecule has 0 saturated carbocycles. The summed E-state index contributed by atoms with van der Waals surface area (Å²) in [6.07, 6.45) is 10.4.